The molecular weight excluding hydrogens is 230 g/mol. The summed E-state index contributed by atoms with van der Waals surface area (Å²) in [6, 6.07) is 7.79. The largest absolute Gasteiger partial charge is 0.469 e. The van der Waals surface area contributed by atoms with Gasteiger partial charge in [-0.25, -0.2) is 9.97 Å². The number of carbonyl (C=O) groups excluding carboxylic acids is 1. The molecule has 0 fully saturated rings. The summed E-state index contributed by atoms with van der Waals surface area (Å²) < 4.78 is 4.60. The molecule has 0 N–H and O–H groups in total. The van der Waals surface area contributed by atoms with Crippen molar-refractivity contribution >= 4 is 22.8 Å². The van der Waals surface area contributed by atoms with Gasteiger partial charge in [-0.3, -0.25) is 4.79 Å². The van der Waals surface area contributed by atoms with Crippen LogP contribution >= 0.6 is 0 Å². The zero-order valence-electron chi connectivity index (χ0n) is 10.5. The van der Waals surface area contributed by atoms with Crippen LogP contribution in [0.1, 0.15) is 6.42 Å². The van der Waals surface area contributed by atoms with Gasteiger partial charge < -0.3 is 9.64 Å². The Kier molecular flexibility index (Phi) is 3.72. The Hall–Kier alpha value is -2.17. The van der Waals surface area contributed by atoms with Crippen LogP contribution in [0, 0.1) is 0 Å². The van der Waals surface area contributed by atoms with E-state index in [0.29, 0.717) is 18.9 Å². The molecule has 0 atom stereocenters. The lowest BCUT2D eigenvalue weighted by Gasteiger charge is -2.16. The number of fused-ring (bicyclic) bond motifs is 1. The van der Waals surface area contributed by atoms with Crippen LogP contribution in [-0.2, 0) is 9.53 Å². The van der Waals surface area contributed by atoms with E-state index in [0.717, 1.165) is 10.9 Å². The fourth-order valence-electron chi connectivity index (χ4n) is 1.61. The quantitative estimate of drug-likeness (QED) is 0.766. The lowest BCUT2D eigenvalue weighted by atomic mass is 10.2. The van der Waals surface area contributed by atoms with Crippen LogP contribution in [0.3, 0.4) is 0 Å². The van der Waals surface area contributed by atoms with E-state index >= 15 is 0 Å². The maximum atomic E-state index is 11.1. The first kappa shape index (κ1) is 12.3. The molecule has 0 aliphatic heterocycles. The molecule has 18 heavy (non-hydrogen) atoms. The smallest absolute Gasteiger partial charge is 0.307 e. The highest BCUT2D eigenvalue weighted by Gasteiger charge is 2.08. The Balaban J connectivity index is 2.12. The summed E-state index contributed by atoms with van der Waals surface area (Å²) in [5.74, 6) is 0.375. The summed E-state index contributed by atoms with van der Waals surface area (Å²) in [6.07, 6.45) is 2.11. The Morgan fingerprint density at radius 2 is 2.17 bits per heavy atom. The van der Waals surface area contributed by atoms with Crippen LogP contribution < -0.4 is 4.90 Å². The number of rotatable bonds is 4. The number of nitrogens with zero attached hydrogens (tertiary/aromatic N) is 3. The molecule has 0 spiro atoms. The first-order valence-electron chi connectivity index (χ1n) is 5.70. The minimum absolute atomic E-state index is 0.234. The molecule has 0 amide bonds. The normalized spacial score (nSPS) is 10.3. The van der Waals surface area contributed by atoms with E-state index < -0.39 is 0 Å². The fraction of sp³-hybridized carbons (Fsp3) is 0.308. The topological polar surface area (TPSA) is 55.3 Å². The van der Waals surface area contributed by atoms with Crippen molar-refractivity contribution in [1.82, 2.24) is 9.97 Å². The third-order valence-electron chi connectivity index (χ3n) is 2.70. The standard InChI is InChI=1S/C13H15N3O2/c1-16(8-7-12(17)18-2)13-14-9-10-5-3-4-6-11(10)15-13/h3-6,9H,7-8H2,1-2H3. The molecule has 1 heterocycles. The number of carbonyl (C=O) groups is 1. The van der Waals surface area contributed by atoms with E-state index in [1.807, 2.05) is 36.2 Å². The van der Waals surface area contributed by atoms with Gasteiger partial charge in [-0.05, 0) is 6.07 Å². The van der Waals surface area contributed by atoms with Crippen molar-refractivity contribution in [3.8, 4) is 0 Å². The van der Waals surface area contributed by atoms with Crippen molar-refractivity contribution in [2.45, 2.75) is 6.42 Å². The van der Waals surface area contributed by atoms with E-state index in [9.17, 15) is 4.79 Å². The minimum Gasteiger partial charge on any atom is -0.469 e. The summed E-state index contributed by atoms with van der Waals surface area (Å²) in [7, 11) is 3.24. The second-order valence-corrected chi connectivity index (χ2v) is 3.98. The average Bonchev–Trinajstić information content (AvgIpc) is 2.43. The molecule has 2 rings (SSSR count). The molecule has 0 saturated carbocycles. The van der Waals surface area contributed by atoms with Gasteiger partial charge in [0.1, 0.15) is 0 Å². The highest BCUT2D eigenvalue weighted by atomic mass is 16.5. The minimum atomic E-state index is -0.234. The first-order valence-corrected chi connectivity index (χ1v) is 5.70. The molecule has 0 radical (unpaired) electrons. The lowest BCUT2D eigenvalue weighted by molar-refractivity contribution is -0.140. The molecule has 0 bridgehead atoms. The van der Waals surface area contributed by atoms with Crippen LogP contribution in [0.4, 0.5) is 5.95 Å². The van der Waals surface area contributed by atoms with E-state index in [2.05, 4.69) is 14.7 Å². The van der Waals surface area contributed by atoms with Crippen molar-refractivity contribution in [3.05, 3.63) is 30.5 Å². The number of hydrogen-bond donors (Lipinski definition) is 0. The lowest BCUT2D eigenvalue weighted by Crippen LogP contribution is -2.23. The van der Waals surface area contributed by atoms with E-state index in [4.69, 9.17) is 0 Å². The zero-order valence-corrected chi connectivity index (χ0v) is 10.5. The van der Waals surface area contributed by atoms with Gasteiger partial charge in [0.05, 0.1) is 19.0 Å². The van der Waals surface area contributed by atoms with E-state index in [1.165, 1.54) is 7.11 Å². The number of para-hydroxylation sites is 1. The number of aromatic nitrogens is 2. The zero-order chi connectivity index (χ0) is 13.0. The Labute approximate surface area is 105 Å². The third kappa shape index (κ3) is 2.74. The van der Waals surface area contributed by atoms with Crippen LogP contribution in [0.15, 0.2) is 30.5 Å². The summed E-state index contributed by atoms with van der Waals surface area (Å²) in [4.78, 5) is 21.6. The third-order valence-corrected chi connectivity index (χ3v) is 2.70. The second kappa shape index (κ2) is 5.44. The van der Waals surface area contributed by atoms with Gasteiger partial charge >= 0.3 is 5.97 Å². The number of benzene rings is 1. The number of anilines is 1. The molecule has 0 unspecified atom stereocenters. The van der Waals surface area contributed by atoms with Crippen molar-refractivity contribution < 1.29 is 9.53 Å². The summed E-state index contributed by atoms with van der Waals surface area (Å²) in [5.41, 5.74) is 0.896. The van der Waals surface area contributed by atoms with Gasteiger partial charge in [0, 0.05) is 25.2 Å². The van der Waals surface area contributed by atoms with Crippen LogP contribution in [-0.4, -0.2) is 36.6 Å². The first-order chi connectivity index (χ1) is 8.70. The summed E-state index contributed by atoms with van der Waals surface area (Å²) in [5, 5.41) is 1.00. The number of esters is 1. The van der Waals surface area contributed by atoms with Crippen molar-refractivity contribution in [1.29, 1.82) is 0 Å². The highest BCUT2D eigenvalue weighted by Crippen LogP contribution is 2.13. The fourth-order valence-corrected chi connectivity index (χ4v) is 1.61. The molecular formula is C13H15N3O2. The van der Waals surface area contributed by atoms with Crippen molar-refractivity contribution in [2.75, 3.05) is 25.6 Å². The van der Waals surface area contributed by atoms with Gasteiger partial charge in [-0.15, -0.1) is 0 Å². The van der Waals surface area contributed by atoms with Crippen molar-refractivity contribution in [2.24, 2.45) is 0 Å². The SMILES string of the molecule is COC(=O)CCN(C)c1ncc2ccccc2n1. The van der Waals surface area contributed by atoms with Crippen molar-refractivity contribution in [3.63, 3.8) is 0 Å². The highest BCUT2D eigenvalue weighted by molar-refractivity contribution is 5.78. The predicted molar refractivity (Wildman–Crippen MR) is 69.4 cm³/mol. The van der Waals surface area contributed by atoms with E-state index in [-0.39, 0.29) is 5.97 Å². The number of ether oxygens (including phenoxy) is 1. The molecule has 0 saturated heterocycles. The molecule has 5 nitrogen and oxygen atoms in total. The van der Waals surface area contributed by atoms with Gasteiger partial charge in [-0.2, -0.15) is 0 Å². The summed E-state index contributed by atoms with van der Waals surface area (Å²) >= 11 is 0. The predicted octanol–water partition coefficient (Wildman–Crippen LogP) is 1.63. The van der Waals surface area contributed by atoms with Crippen LogP contribution in [0.25, 0.3) is 10.9 Å². The maximum Gasteiger partial charge on any atom is 0.307 e. The molecule has 2 aromatic rings. The number of hydrogen-bond acceptors (Lipinski definition) is 5. The molecule has 1 aromatic carbocycles. The van der Waals surface area contributed by atoms with Gasteiger partial charge in [0.25, 0.3) is 0 Å². The molecule has 1 aromatic heterocycles. The Morgan fingerprint density at radius 3 is 2.94 bits per heavy atom. The Morgan fingerprint density at radius 1 is 1.39 bits per heavy atom. The van der Waals surface area contributed by atoms with Crippen LogP contribution in [0.2, 0.25) is 0 Å². The van der Waals surface area contributed by atoms with Crippen LogP contribution in [0.5, 0.6) is 0 Å². The second-order valence-electron chi connectivity index (χ2n) is 3.98. The van der Waals surface area contributed by atoms with Gasteiger partial charge in [0.2, 0.25) is 5.95 Å². The molecule has 5 heteroatoms. The number of methoxy groups -OCH3 is 1. The molecule has 0 aliphatic carbocycles. The molecule has 94 valence electrons. The summed E-state index contributed by atoms with van der Waals surface area (Å²) in [6.45, 7) is 0.533. The van der Waals surface area contributed by atoms with Gasteiger partial charge in [-0.1, -0.05) is 18.2 Å². The van der Waals surface area contributed by atoms with Gasteiger partial charge in [0.15, 0.2) is 0 Å². The average molecular weight is 245 g/mol. The maximum absolute atomic E-state index is 11.1. The molecule has 0 aliphatic rings. The Bertz CT molecular complexity index is 557. The van der Waals surface area contributed by atoms with E-state index in [1.54, 1.807) is 6.20 Å². The monoisotopic (exact) mass is 245 g/mol.